The van der Waals surface area contributed by atoms with Gasteiger partial charge in [0.1, 0.15) is 12.4 Å². The molecule has 7 nitrogen and oxygen atoms in total. The number of esters is 1. The van der Waals surface area contributed by atoms with Crippen LogP contribution in [0.25, 0.3) is 0 Å². The first-order valence-corrected chi connectivity index (χ1v) is 9.57. The van der Waals surface area contributed by atoms with E-state index in [1.165, 1.54) is 7.11 Å². The molecule has 1 aromatic rings. The number of carbonyl (C=O) groups excluding carboxylic acids is 1. The van der Waals surface area contributed by atoms with Crippen molar-refractivity contribution < 1.29 is 28.6 Å². The number of ether oxygens (including phenoxy) is 4. The molecular weight excluding hydrogens is 362 g/mol. The Morgan fingerprint density at radius 1 is 1.25 bits per heavy atom. The van der Waals surface area contributed by atoms with Crippen molar-refractivity contribution in [2.24, 2.45) is 11.1 Å². The number of hydrogen-bond donors (Lipinski definition) is 0. The third kappa shape index (κ3) is 5.94. The summed E-state index contributed by atoms with van der Waals surface area (Å²) in [5.74, 6) is -0.648. The summed E-state index contributed by atoms with van der Waals surface area (Å²) in [6.45, 7) is 7.05. The number of benzene rings is 1. The number of rotatable bonds is 9. The van der Waals surface area contributed by atoms with Gasteiger partial charge in [-0.15, -0.1) is 0 Å². The van der Waals surface area contributed by atoms with Crippen LogP contribution in [0.15, 0.2) is 23.4 Å². The van der Waals surface area contributed by atoms with E-state index in [-0.39, 0.29) is 5.92 Å². The van der Waals surface area contributed by atoms with Gasteiger partial charge in [0.05, 0.1) is 33.1 Å². The topological polar surface area (TPSA) is 75.6 Å². The predicted octanol–water partition coefficient (Wildman–Crippen LogP) is 3.47. The van der Waals surface area contributed by atoms with E-state index in [1.54, 1.807) is 14.0 Å². The Labute approximate surface area is 166 Å². The second-order valence-corrected chi connectivity index (χ2v) is 7.12. The smallest absolute Gasteiger partial charge is 0.366 e. The molecule has 2 rings (SSSR count). The van der Waals surface area contributed by atoms with Crippen molar-refractivity contribution in [1.82, 2.24) is 0 Å². The summed E-state index contributed by atoms with van der Waals surface area (Å²) in [6.07, 6.45) is 2.81. The average molecular weight is 393 g/mol. The van der Waals surface area contributed by atoms with Crippen LogP contribution in [0, 0.1) is 12.8 Å². The van der Waals surface area contributed by atoms with E-state index in [4.69, 9.17) is 23.8 Å². The fraction of sp³-hybridized carbons (Fsp3) is 0.619. The maximum Gasteiger partial charge on any atom is 0.366 e. The van der Waals surface area contributed by atoms with E-state index in [9.17, 15) is 4.79 Å². The molecule has 28 heavy (non-hydrogen) atoms. The van der Waals surface area contributed by atoms with E-state index in [2.05, 4.69) is 5.16 Å². The van der Waals surface area contributed by atoms with Crippen molar-refractivity contribution in [1.29, 1.82) is 0 Å². The summed E-state index contributed by atoms with van der Waals surface area (Å²) in [5, 5.41) is 4.20. The van der Waals surface area contributed by atoms with Gasteiger partial charge >= 0.3 is 5.97 Å². The molecule has 1 aliphatic rings. The van der Waals surface area contributed by atoms with Crippen molar-refractivity contribution in [2.45, 2.75) is 45.8 Å². The Morgan fingerprint density at radius 3 is 2.57 bits per heavy atom. The second-order valence-electron chi connectivity index (χ2n) is 7.12. The lowest BCUT2D eigenvalue weighted by molar-refractivity contribution is -0.272. The number of methoxy groups -OCH3 is 2. The van der Waals surface area contributed by atoms with Gasteiger partial charge in [-0.1, -0.05) is 5.16 Å². The zero-order valence-electron chi connectivity index (χ0n) is 17.4. The highest BCUT2D eigenvalue weighted by Crippen LogP contribution is 2.25. The van der Waals surface area contributed by atoms with Gasteiger partial charge in [0.25, 0.3) is 5.79 Å². The largest absolute Gasteiger partial charge is 0.496 e. The maximum atomic E-state index is 11.6. The Balaban J connectivity index is 1.65. The van der Waals surface area contributed by atoms with Crippen LogP contribution in [0.4, 0.5) is 0 Å². The molecule has 0 saturated carbocycles. The number of nitrogens with zero attached hydrogens (tertiary/aromatic N) is 1. The van der Waals surface area contributed by atoms with Crippen molar-refractivity contribution in [2.75, 3.05) is 34.0 Å². The fourth-order valence-electron chi connectivity index (χ4n) is 3.01. The number of carbonyl (C=O) groups is 1. The van der Waals surface area contributed by atoms with Gasteiger partial charge < -0.3 is 23.8 Å². The first-order chi connectivity index (χ1) is 13.4. The minimum absolute atomic E-state index is 0.269. The Bertz CT molecular complexity index is 679. The monoisotopic (exact) mass is 393 g/mol. The third-order valence-electron chi connectivity index (χ3n) is 4.86. The molecule has 0 radical (unpaired) electrons. The minimum atomic E-state index is -1.28. The molecule has 0 aliphatic carbocycles. The number of aryl methyl sites for hydroxylation is 1. The van der Waals surface area contributed by atoms with Gasteiger partial charge in [0.15, 0.2) is 0 Å². The zero-order valence-corrected chi connectivity index (χ0v) is 17.4. The Morgan fingerprint density at radius 2 is 1.96 bits per heavy atom. The van der Waals surface area contributed by atoms with Crippen LogP contribution in [0.5, 0.6) is 5.75 Å². The molecule has 0 spiro atoms. The molecule has 1 heterocycles. The fourth-order valence-corrected chi connectivity index (χ4v) is 3.01. The predicted molar refractivity (Wildman–Crippen MR) is 106 cm³/mol. The van der Waals surface area contributed by atoms with Crippen molar-refractivity contribution >= 4 is 11.7 Å². The van der Waals surface area contributed by atoms with Gasteiger partial charge in [-0.25, -0.2) is 4.79 Å². The quantitative estimate of drug-likeness (QED) is 0.277. The van der Waals surface area contributed by atoms with Crippen molar-refractivity contribution in [3.63, 3.8) is 0 Å². The SMILES string of the molecule is COC(=O)C1(C)OCC(CCCCON=C(C)c2ccc(OC)c(C)c2)CO1. The first kappa shape index (κ1) is 22.2. The lowest BCUT2D eigenvalue weighted by Gasteiger charge is -2.35. The van der Waals surface area contributed by atoms with Crippen molar-refractivity contribution in [3.05, 3.63) is 29.3 Å². The standard InChI is InChI=1S/C21H31NO6/c1-15-12-18(9-10-19(15)24-4)16(2)22-28-11-7-6-8-17-13-26-21(3,27-14-17)20(23)25-5/h9-10,12,17H,6-8,11,13-14H2,1-5H3. The summed E-state index contributed by atoms with van der Waals surface area (Å²) in [6, 6.07) is 5.94. The Hall–Kier alpha value is -2.12. The molecule has 0 aromatic heterocycles. The summed E-state index contributed by atoms with van der Waals surface area (Å²) in [4.78, 5) is 17.1. The molecule has 156 valence electrons. The molecule has 1 aromatic carbocycles. The second kappa shape index (κ2) is 10.4. The summed E-state index contributed by atoms with van der Waals surface area (Å²) in [7, 11) is 2.99. The molecule has 0 unspecified atom stereocenters. The first-order valence-electron chi connectivity index (χ1n) is 9.57. The molecule has 0 atom stereocenters. The molecule has 0 amide bonds. The van der Waals surface area contributed by atoms with Gasteiger partial charge in [-0.2, -0.15) is 0 Å². The zero-order chi connectivity index (χ0) is 20.6. The van der Waals surface area contributed by atoms with Crippen LogP contribution < -0.4 is 4.74 Å². The van der Waals surface area contributed by atoms with Gasteiger partial charge in [0, 0.05) is 12.8 Å². The molecule has 7 heteroatoms. The van der Waals surface area contributed by atoms with Crippen LogP contribution in [0.3, 0.4) is 0 Å². The van der Waals surface area contributed by atoms with E-state index in [0.29, 0.717) is 19.8 Å². The third-order valence-corrected chi connectivity index (χ3v) is 4.86. The highest BCUT2D eigenvalue weighted by molar-refractivity contribution is 5.98. The van der Waals surface area contributed by atoms with Crippen LogP contribution in [-0.2, 0) is 23.8 Å². The van der Waals surface area contributed by atoms with E-state index < -0.39 is 11.8 Å². The lowest BCUT2D eigenvalue weighted by atomic mass is 10.0. The van der Waals surface area contributed by atoms with Gasteiger partial charge in [0.2, 0.25) is 0 Å². The minimum Gasteiger partial charge on any atom is -0.496 e. The molecule has 1 fully saturated rings. The molecule has 0 bridgehead atoms. The lowest BCUT2D eigenvalue weighted by Crippen LogP contribution is -2.48. The summed E-state index contributed by atoms with van der Waals surface area (Å²) >= 11 is 0. The van der Waals surface area contributed by atoms with E-state index >= 15 is 0 Å². The highest BCUT2D eigenvalue weighted by atomic mass is 16.7. The molecule has 0 N–H and O–H groups in total. The molecule has 1 saturated heterocycles. The highest BCUT2D eigenvalue weighted by Gasteiger charge is 2.41. The number of oxime groups is 1. The molecule has 1 aliphatic heterocycles. The van der Waals surface area contributed by atoms with Crippen LogP contribution in [-0.4, -0.2) is 51.5 Å². The maximum absolute atomic E-state index is 11.6. The summed E-state index contributed by atoms with van der Waals surface area (Å²) < 4.78 is 21.1. The van der Waals surface area contributed by atoms with Crippen LogP contribution >= 0.6 is 0 Å². The van der Waals surface area contributed by atoms with Crippen LogP contribution in [0.2, 0.25) is 0 Å². The van der Waals surface area contributed by atoms with Crippen molar-refractivity contribution in [3.8, 4) is 5.75 Å². The average Bonchev–Trinajstić information content (AvgIpc) is 2.71. The Kier molecular flexibility index (Phi) is 8.26. The normalized spacial score (nSPS) is 22.6. The van der Waals surface area contributed by atoms with E-state index in [1.807, 2.05) is 32.0 Å². The van der Waals surface area contributed by atoms with Crippen LogP contribution in [0.1, 0.15) is 44.2 Å². The number of unbranched alkanes of at least 4 members (excludes halogenated alkanes) is 1. The summed E-state index contributed by atoms with van der Waals surface area (Å²) in [5.41, 5.74) is 2.92. The van der Waals surface area contributed by atoms with Gasteiger partial charge in [-0.05, 0) is 62.4 Å². The molecular formula is C21H31NO6. The van der Waals surface area contributed by atoms with Gasteiger partial charge in [-0.3, -0.25) is 0 Å². The van der Waals surface area contributed by atoms with E-state index in [0.717, 1.165) is 41.9 Å². The number of hydrogen-bond acceptors (Lipinski definition) is 7.